The van der Waals surface area contributed by atoms with Crippen molar-refractivity contribution < 1.29 is 24.2 Å². The van der Waals surface area contributed by atoms with E-state index < -0.39 is 0 Å². The molecule has 0 radical (unpaired) electrons. The van der Waals surface area contributed by atoms with Crippen LogP contribution < -0.4 is 9.47 Å². The fourth-order valence-electron chi connectivity index (χ4n) is 4.37. The SMILES string of the molecule is COc1ccccc1C#Cc1cnc2c(c1)C(=O)N([C@H](C)CO)C[C@@H](C)[C@H](CN(C)C(=O)CC1CC1)O2. The van der Waals surface area contributed by atoms with Gasteiger partial charge in [0.15, 0.2) is 0 Å². The maximum Gasteiger partial charge on any atom is 0.259 e. The Morgan fingerprint density at radius 1 is 1.32 bits per heavy atom. The summed E-state index contributed by atoms with van der Waals surface area (Å²) in [6.07, 6.45) is 4.01. The number of carbonyl (C=O) groups excluding carboxylic acids is 2. The van der Waals surface area contributed by atoms with E-state index >= 15 is 0 Å². The number of aromatic nitrogens is 1. The molecule has 1 aromatic heterocycles. The summed E-state index contributed by atoms with van der Waals surface area (Å²) in [7, 11) is 3.39. The molecule has 2 amide bonds. The van der Waals surface area contributed by atoms with Gasteiger partial charge in [-0.25, -0.2) is 4.98 Å². The molecule has 2 heterocycles. The van der Waals surface area contributed by atoms with Gasteiger partial charge in [-0.15, -0.1) is 0 Å². The third kappa shape index (κ3) is 6.41. The van der Waals surface area contributed by atoms with Crippen LogP contribution in [-0.2, 0) is 4.79 Å². The highest BCUT2D eigenvalue weighted by molar-refractivity contribution is 5.97. The summed E-state index contributed by atoms with van der Waals surface area (Å²) >= 11 is 0. The fourth-order valence-corrected chi connectivity index (χ4v) is 4.37. The van der Waals surface area contributed by atoms with Gasteiger partial charge < -0.3 is 24.4 Å². The van der Waals surface area contributed by atoms with Crippen molar-refractivity contribution in [1.29, 1.82) is 0 Å². The summed E-state index contributed by atoms with van der Waals surface area (Å²) in [4.78, 5) is 34.1. The molecule has 1 aliphatic heterocycles. The summed E-state index contributed by atoms with van der Waals surface area (Å²) in [5, 5.41) is 9.86. The number of pyridine rings is 1. The number of aliphatic hydroxyl groups excluding tert-OH is 1. The number of rotatable bonds is 7. The maximum atomic E-state index is 13.6. The number of para-hydroxylation sites is 1. The maximum absolute atomic E-state index is 13.6. The van der Waals surface area contributed by atoms with Crippen LogP contribution in [0.2, 0.25) is 0 Å². The summed E-state index contributed by atoms with van der Waals surface area (Å²) in [5.41, 5.74) is 1.57. The van der Waals surface area contributed by atoms with Crippen LogP contribution >= 0.6 is 0 Å². The second-order valence-corrected chi connectivity index (χ2v) is 10.1. The van der Waals surface area contributed by atoms with Gasteiger partial charge in [-0.1, -0.05) is 30.9 Å². The van der Waals surface area contributed by atoms with E-state index in [1.807, 2.05) is 38.1 Å². The molecule has 196 valence electrons. The van der Waals surface area contributed by atoms with Crippen LogP contribution in [0.4, 0.5) is 0 Å². The second kappa shape index (κ2) is 11.7. The first kappa shape index (κ1) is 26.5. The lowest BCUT2D eigenvalue weighted by atomic mass is 9.99. The molecule has 1 aromatic carbocycles. The highest BCUT2D eigenvalue weighted by Gasteiger charge is 2.35. The number of amides is 2. The minimum atomic E-state index is -0.390. The Labute approximate surface area is 218 Å². The topological polar surface area (TPSA) is 92.2 Å². The van der Waals surface area contributed by atoms with Gasteiger partial charge in [-0.05, 0) is 43.9 Å². The van der Waals surface area contributed by atoms with Crippen molar-refractivity contribution in [3.63, 3.8) is 0 Å². The number of hydrogen-bond acceptors (Lipinski definition) is 6. The quantitative estimate of drug-likeness (QED) is 0.582. The summed E-state index contributed by atoms with van der Waals surface area (Å²) in [6, 6.07) is 8.74. The molecule has 1 N–H and O–H groups in total. The van der Waals surface area contributed by atoms with E-state index in [1.54, 1.807) is 36.2 Å². The van der Waals surface area contributed by atoms with E-state index in [0.29, 0.717) is 36.7 Å². The molecular weight excluding hydrogens is 470 g/mol. The average Bonchev–Trinajstić information content (AvgIpc) is 3.73. The van der Waals surface area contributed by atoms with Gasteiger partial charge in [0.25, 0.3) is 5.91 Å². The number of aliphatic hydroxyl groups is 1. The van der Waals surface area contributed by atoms with Crippen molar-refractivity contribution in [3.8, 4) is 23.5 Å². The van der Waals surface area contributed by atoms with E-state index in [2.05, 4.69) is 16.8 Å². The second-order valence-electron chi connectivity index (χ2n) is 10.1. The van der Waals surface area contributed by atoms with Crippen molar-refractivity contribution in [2.75, 3.05) is 33.9 Å². The molecule has 8 heteroatoms. The van der Waals surface area contributed by atoms with Crippen molar-refractivity contribution in [1.82, 2.24) is 14.8 Å². The van der Waals surface area contributed by atoms with Crippen LogP contribution in [0.1, 0.15) is 54.6 Å². The number of benzene rings is 1. The average molecular weight is 506 g/mol. The molecular formula is C29H35N3O5. The summed E-state index contributed by atoms with van der Waals surface area (Å²) < 4.78 is 11.7. The molecule has 0 bridgehead atoms. The van der Waals surface area contributed by atoms with Gasteiger partial charge in [0.2, 0.25) is 11.8 Å². The predicted octanol–water partition coefficient (Wildman–Crippen LogP) is 2.97. The number of ether oxygens (including phenoxy) is 2. The molecule has 2 aromatic rings. The first-order valence-corrected chi connectivity index (χ1v) is 12.8. The van der Waals surface area contributed by atoms with Crippen molar-refractivity contribution in [3.05, 3.63) is 53.2 Å². The molecule has 8 nitrogen and oxygen atoms in total. The highest BCUT2D eigenvalue weighted by Crippen LogP contribution is 2.33. The van der Waals surface area contributed by atoms with Gasteiger partial charge in [0, 0.05) is 37.7 Å². The number of nitrogens with zero attached hydrogens (tertiary/aromatic N) is 3. The Balaban J connectivity index is 1.64. The van der Waals surface area contributed by atoms with E-state index in [1.165, 1.54) is 0 Å². The van der Waals surface area contributed by atoms with E-state index in [0.717, 1.165) is 18.4 Å². The molecule has 2 aliphatic rings. The molecule has 0 saturated heterocycles. The van der Waals surface area contributed by atoms with Gasteiger partial charge in [0.1, 0.15) is 17.4 Å². The number of likely N-dealkylation sites (N-methyl/N-ethyl adjacent to an activating group) is 1. The first-order chi connectivity index (χ1) is 17.8. The Morgan fingerprint density at radius 3 is 2.78 bits per heavy atom. The normalized spacial score (nSPS) is 19.9. The monoisotopic (exact) mass is 505 g/mol. The molecule has 1 fully saturated rings. The Bertz CT molecular complexity index is 1200. The van der Waals surface area contributed by atoms with E-state index in [-0.39, 0.29) is 47.9 Å². The van der Waals surface area contributed by atoms with Gasteiger partial charge in [-0.2, -0.15) is 0 Å². The first-order valence-electron chi connectivity index (χ1n) is 12.8. The third-order valence-corrected chi connectivity index (χ3v) is 7.01. The summed E-state index contributed by atoms with van der Waals surface area (Å²) in [6.45, 7) is 4.41. The van der Waals surface area contributed by atoms with Gasteiger partial charge in [0.05, 0.1) is 31.9 Å². The van der Waals surface area contributed by atoms with Crippen LogP contribution in [-0.4, -0.2) is 77.7 Å². The van der Waals surface area contributed by atoms with Crippen molar-refractivity contribution in [2.24, 2.45) is 11.8 Å². The van der Waals surface area contributed by atoms with Crippen LogP contribution in [0.3, 0.4) is 0 Å². The molecule has 1 saturated carbocycles. The zero-order valence-electron chi connectivity index (χ0n) is 21.9. The highest BCUT2D eigenvalue weighted by atomic mass is 16.5. The van der Waals surface area contributed by atoms with Crippen LogP contribution in [0.25, 0.3) is 0 Å². The zero-order chi connectivity index (χ0) is 26.5. The van der Waals surface area contributed by atoms with Crippen molar-refractivity contribution >= 4 is 11.8 Å². The minimum absolute atomic E-state index is 0.0888. The Hall–Kier alpha value is -3.57. The summed E-state index contributed by atoms with van der Waals surface area (Å²) in [5.74, 6) is 7.27. The predicted molar refractivity (Wildman–Crippen MR) is 139 cm³/mol. The lowest BCUT2D eigenvalue weighted by Gasteiger charge is -2.37. The Kier molecular flexibility index (Phi) is 8.34. The molecule has 3 atom stereocenters. The van der Waals surface area contributed by atoms with Gasteiger partial charge >= 0.3 is 0 Å². The largest absolute Gasteiger partial charge is 0.495 e. The molecule has 1 aliphatic carbocycles. The van der Waals surface area contributed by atoms with Crippen LogP contribution in [0.15, 0.2) is 36.5 Å². The smallest absolute Gasteiger partial charge is 0.259 e. The number of carbonyl (C=O) groups is 2. The molecule has 4 rings (SSSR count). The molecule has 0 unspecified atom stereocenters. The number of hydrogen-bond donors (Lipinski definition) is 1. The van der Waals surface area contributed by atoms with Gasteiger partial charge in [-0.3, -0.25) is 9.59 Å². The van der Waals surface area contributed by atoms with E-state index in [4.69, 9.17) is 9.47 Å². The van der Waals surface area contributed by atoms with Crippen LogP contribution in [0.5, 0.6) is 11.6 Å². The number of methoxy groups -OCH3 is 1. The standard InChI is InChI=1S/C29H35N3O5/c1-19-16-32(20(2)18-33)29(35)24-13-22(11-12-23-7-5-6-8-25(23)36-4)15-30-28(24)37-26(19)17-31(3)27(34)14-21-9-10-21/h5-8,13,15,19-21,26,33H,9-10,14,16-18H2,1-4H3/t19-,20-,26+/m1/s1. The Morgan fingerprint density at radius 2 is 2.08 bits per heavy atom. The van der Waals surface area contributed by atoms with Crippen LogP contribution in [0, 0.1) is 23.7 Å². The fraction of sp³-hybridized carbons (Fsp3) is 0.483. The lowest BCUT2D eigenvalue weighted by Crippen LogP contribution is -2.50. The van der Waals surface area contributed by atoms with Crippen molar-refractivity contribution in [2.45, 2.75) is 45.3 Å². The third-order valence-electron chi connectivity index (χ3n) is 7.01. The lowest BCUT2D eigenvalue weighted by molar-refractivity contribution is -0.131. The van der Waals surface area contributed by atoms with E-state index in [9.17, 15) is 14.7 Å². The molecule has 0 spiro atoms. The zero-order valence-corrected chi connectivity index (χ0v) is 21.9. The molecule has 37 heavy (non-hydrogen) atoms. The number of fused-ring (bicyclic) bond motifs is 1. The minimum Gasteiger partial charge on any atom is -0.495 e.